The van der Waals surface area contributed by atoms with Crippen LogP contribution in [0.4, 0.5) is 5.69 Å². The predicted octanol–water partition coefficient (Wildman–Crippen LogP) is 4.41. The van der Waals surface area contributed by atoms with Crippen LogP contribution >= 0.6 is 31.9 Å². The number of benzene rings is 2. The summed E-state index contributed by atoms with van der Waals surface area (Å²) in [6, 6.07) is 11.4. The Morgan fingerprint density at radius 2 is 1.79 bits per heavy atom. The molecule has 0 spiro atoms. The fourth-order valence-corrected chi connectivity index (χ4v) is 3.10. The lowest BCUT2D eigenvalue weighted by Crippen LogP contribution is -2.05. The highest BCUT2D eigenvalue weighted by atomic mass is 79.9. The summed E-state index contributed by atoms with van der Waals surface area (Å²) in [6.45, 7) is 0.895. The minimum Gasteiger partial charge on any atom is -0.384 e. The fourth-order valence-electron chi connectivity index (χ4n) is 2.33. The molecule has 0 fully saturated rings. The molecule has 0 bridgehead atoms. The minimum atomic E-state index is 0.0550. The first-order chi connectivity index (χ1) is 9.15. The van der Waals surface area contributed by atoms with Gasteiger partial charge in [-0.25, -0.2) is 0 Å². The van der Waals surface area contributed by atoms with Crippen LogP contribution in [0.2, 0.25) is 0 Å². The number of hydrogen-bond donors (Lipinski definition) is 1. The quantitative estimate of drug-likeness (QED) is 0.781. The van der Waals surface area contributed by atoms with E-state index in [-0.39, 0.29) is 5.78 Å². The molecule has 1 N–H and O–H groups in total. The van der Waals surface area contributed by atoms with E-state index in [0.717, 1.165) is 33.2 Å². The van der Waals surface area contributed by atoms with Crippen LogP contribution in [-0.4, -0.2) is 12.3 Å². The molecule has 0 aromatic heterocycles. The summed E-state index contributed by atoms with van der Waals surface area (Å²) in [7, 11) is 0. The summed E-state index contributed by atoms with van der Waals surface area (Å²) in [6.07, 6.45) is 0.968. The van der Waals surface area contributed by atoms with Crippen LogP contribution in [0.25, 0.3) is 0 Å². The molecule has 2 aromatic rings. The van der Waals surface area contributed by atoms with Gasteiger partial charge in [-0.05, 0) is 48.4 Å². The van der Waals surface area contributed by atoms with E-state index in [1.165, 1.54) is 5.56 Å². The lowest BCUT2D eigenvalue weighted by Gasteiger charge is -2.09. The maximum absolute atomic E-state index is 12.6. The molecule has 0 amide bonds. The Hall–Kier alpha value is -1.13. The Bertz CT molecular complexity index is 650. The number of anilines is 1. The number of fused-ring (bicyclic) bond motifs is 1. The van der Waals surface area contributed by atoms with Gasteiger partial charge in [-0.2, -0.15) is 0 Å². The van der Waals surface area contributed by atoms with Gasteiger partial charge in [-0.3, -0.25) is 4.79 Å². The van der Waals surface area contributed by atoms with Crippen molar-refractivity contribution in [1.82, 2.24) is 0 Å². The molecule has 0 saturated heterocycles. The summed E-state index contributed by atoms with van der Waals surface area (Å²) in [5.41, 5.74) is 3.63. The van der Waals surface area contributed by atoms with Crippen LogP contribution in [0.5, 0.6) is 0 Å². The fraction of sp³-hybridized carbons (Fsp3) is 0.133. The third-order valence-corrected chi connectivity index (χ3v) is 4.22. The van der Waals surface area contributed by atoms with Gasteiger partial charge in [-0.15, -0.1) is 0 Å². The zero-order valence-electron chi connectivity index (χ0n) is 10.0. The molecule has 0 atom stereocenters. The van der Waals surface area contributed by atoms with Gasteiger partial charge < -0.3 is 5.32 Å². The van der Waals surface area contributed by atoms with Crippen molar-refractivity contribution in [2.45, 2.75) is 6.42 Å². The summed E-state index contributed by atoms with van der Waals surface area (Å²) >= 11 is 6.86. The second kappa shape index (κ2) is 5.10. The SMILES string of the molecule is O=C(c1ccc(Br)cc1)c1cc(Br)cc2c1NCC2. The van der Waals surface area contributed by atoms with E-state index in [0.29, 0.717) is 5.56 Å². The minimum absolute atomic E-state index is 0.0550. The van der Waals surface area contributed by atoms with Gasteiger partial charge in [0.05, 0.1) is 0 Å². The highest BCUT2D eigenvalue weighted by Crippen LogP contribution is 2.32. The highest BCUT2D eigenvalue weighted by Gasteiger charge is 2.20. The van der Waals surface area contributed by atoms with E-state index >= 15 is 0 Å². The van der Waals surface area contributed by atoms with E-state index in [1.54, 1.807) is 0 Å². The molecular weight excluding hydrogens is 370 g/mol. The van der Waals surface area contributed by atoms with Gasteiger partial charge in [-0.1, -0.05) is 31.9 Å². The normalized spacial score (nSPS) is 12.9. The van der Waals surface area contributed by atoms with Crippen molar-refractivity contribution in [2.75, 3.05) is 11.9 Å². The van der Waals surface area contributed by atoms with E-state index in [1.807, 2.05) is 30.3 Å². The van der Waals surface area contributed by atoms with Gasteiger partial charge in [0.1, 0.15) is 0 Å². The van der Waals surface area contributed by atoms with Crippen LogP contribution in [0.3, 0.4) is 0 Å². The topological polar surface area (TPSA) is 29.1 Å². The maximum atomic E-state index is 12.6. The Balaban J connectivity index is 2.07. The van der Waals surface area contributed by atoms with Gasteiger partial charge in [0.25, 0.3) is 0 Å². The molecule has 0 unspecified atom stereocenters. The lowest BCUT2D eigenvalue weighted by atomic mass is 9.99. The predicted molar refractivity (Wildman–Crippen MR) is 83.9 cm³/mol. The van der Waals surface area contributed by atoms with Crippen molar-refractivity contribution in [2.24, 2.45) is 0 Å². The first-order valence-electron chi connectivity index (χ1n) is 6.02. The molecule has 4 heteroatoms. The van der Waals surface area contributed by atoms with Crippen molar-refractivity contribution in [3.63, 3.8) is 0 Å². The summed E-state index contributed by atoms with van der Waals surface area (Å²) < 4.78 is 1.93. The monoisotopic (exact) mass is 379 g/mol. The van der Waals surface area contributed by atoms with Crippen LogP contribution in [0.1, 0.15) is 21.5 Å². The number of halogens is 2. The summed E-state index contributed by atoms with van der Waals surface area (Å²) in [4.78, 5) is 12.6. The van der Waals surface area contributed by atoms with Crippen molar-refractivity contribution in [1.29, 1.82) is 0 Å². The molecule has 1 aliphatic heterocycles. The molecule has 0 saturated carbocycles. The average molecular weight is 381 g/mol. The Morgan fingerprint density at radius 3 is 2.53 bits per heavy atom. The molecule has 1 aliphatic rings. The van der Waals surface area contributed by atoms with E-state index in [9.17, 15) is 4.79 Å². The van der Waals surface area contributed by atoms with E-state index < -0.39 is 0 Å². The number of rotatable bonds is 2. The van der Waals surface area contributed by atoms with Gasteiger partial charge in [0.2, 0.25) is 0 Å². The van der Waals surface area contributed by atoms with Gasteiger partial charge in [0, 0.05) is 32.3 Å². The van der Waals surface area contributed by atoms with Crippen molar-refractivity contribution in [3.8, 4) is 0 Å². The molecule has 1 heterocycles. The zero-order valence-corrected chi connectivity index (χ0v) is 13.2. The van der Waals surface area contributed by atoms with Crippen molar-refractivity contribution >= 4 is 43.3 Å². The molecule has 96 valence electrons. The molecule has 0 radical (unpaired) electrons. The number of nitrogens with one attached hydrogen (secondary N) is 1. The largest absolute Gasteiger partial charge is 0.384 e. The lowest BCUT2D eigenvalue weighted by molar-refractivity contribution is 0.103. The standard InChI is InChI=1S/C15H11Br2NO/c16-11-3-1-9(2-4-11)15(19)13-8-12(17)7-10-5-6-18-14(10)13/h1-4,7-8,18H,5-6H2. The van der Waals surface area contributed by atoms with Crippen LogP contribution < -0.4 is 5.32 Å². The van der Waals surface area contributed by atoms with Crippen molar-refractivity contribution in [3.05, 3.63) is 62.0 Å². The molecule has 2 nitrogen and oxygen atoms in total. The summed E-state index contributed by atoms with van der Waals surface area (Å²) in [5, 5.41) is 3.31. The van der Waals surface area contributed by atoms with E-state index in [2.05, 4.69) is 43.2 Å². The molecule has 3 rings (SSSR count). The average Bonchev–Trinajstić information content (AvgIpc) is 2.85. The number of hydrogen-bond acceptors (Lipinski definition) is 2. The molecular formula is C15H11Br2NO. The van der Waals surface area contributed by atoms with E-state index in [4.69, 9.17) is 0 Å². The van der Waals surface area contributed by atoms with Crippen molar-refractivity contribution < 1.29 is 4.79 Å². The van der Waals surface area contributed by atoms with Crippen LogP contribution in [-0.2, 0) is 6.42 Å². The first-order valence-corrected chi connectivity index (χ1v) is 7.60. The van der Waals surface area contributed by atoms with Crippen LogP contribution in [0.15, 0.2) is 45.3 Å². The molecule has 2 aromatic carbocycles. The summed E-state index contributed by atoms with van der Waals surface area (Å²) in [5.74, 6) is 0.0550. The third-order valence-electron chi connectivity index (χ3n) is 3.23. The van der Waals surface area contributed by atoms with Crippen LogP contribution in [0, 0.1) is 0 Å². The third kappa shape index (κ3) is 2.47. The smallest absolute Gasteiger partial charge is 0.195 e. The first kappa shape index (κ1) is 12.9. The van der Waals surface area contributed by atoms with Gasteiger partial charge >= 0.3 is 0 Å². The number of carbonyl (C=O) groups is 1. The maximum Gasteiger partial charge on any atom is 0.195 e. The van der Waals surface area contributed by atoms with Gasteiger partial charge in [0.15, 0.2) is 5.78 Å². The number of carbonyl (C=O) groups excluding carboxylic acids is 1. The Kier molecular flexibility index (Phi) is 3.46. The highest BCUT2D eigenvalue weighted by molar-refractivity contribution is 9.10. The Labute approximate surface area is 128 Å². The zero-order chi connectivity index (χ0) is 13.4. The molecule has 0 aliphatic carbocycles. The second-order valence-electron chi connectivity index (χ2n) is 4.50. The number of ketones is 1. The second-order valence-corrected chi connectivity index (χ2v) is 6.33. The molecule has 19 heavy (non-hydrogen) atoms. The Morgan fingerprint density at radius 1 is 1.05 bits per heavy atom.